The molecule has 0 unspecified atom stereocenters. The summed E-state index contributed by atoms with van der Waals surface area (Å²) < 4.78 is 5.17. The highest BCUT2D eigenvalue weighted by atomic mass is 35.5. The Bertz CT molecular complexity index is 777. The molecule has 0 fully saturated rings. The van der Waals surface area contributed by atoms with Crippen LogP contribution in [0.3, 0.4) is 0 Å². The molecule has 2 N–H and O–H groups in total. The molecule has 2 aromatic carbocycles. The molecule has 0 spiro atoms. The minimum absolute atomic E-state index is 0.0687. The van der Waals surface area contributed by atoms with Crippen molar-refractivity contribution in [3.8, 4) is 0 Å². The topological polar surface area (TPSA) is 67.4 Å². The van der Waals surface area contributed by atoms with Gasteiger partial charge in [-0.2, -0.15) is 0 Å². The second-order valence-electron chi connectivity index (χ2n) is 6.37. The van der Waals surface area contributed by atoms with Gasteiger partial charge in [-0.25, -0.2) is 4.79 Å². The molecule has 2 aromatic rings. The average molecular weight is 395 g/mol. The van der Waals surface area contributed by atoms with Crippen LogP contribution in [0.1, 0.15) is 19.4 Å². The lowest BCUT2D eigenvalue weighted by Crippen LogP contribution is -2.40. The van der Waals surface area contributed by atoms with E-state index < -0.39 is 11.5 Å². The van der Waals surface area contributed by atoms with Gasteiger partial charge >= 0.3 is 6.09 Å². The van der Waals surface area contributed by atoms with Gasteiger partial charge in [0.25, 0.3) is 0 Å². The average Bonchev–Trinajstić information content (AvgIpc) is 2.61. The van der Waals surface area contributed by atoms with E-state index in [-0.39, 0.29) is 12.5 Å². The van der Waals surface area contributed by atoms with Gasteiger partial charge in [0.2, 0.25) is 5.91 Å². The molecule has 0 atom stereocenters. The maximum atomic E-state index is 12.4. The van der Waals surface area contributed by atoms with Crippen molar-refractivity contribution in [2.45, 2.75) is 20.4 Å². The van der Waals surface area contributed by atoms with Crippen LogP contribution in [-0.4, -0.2) is 18.6 Å². The van der Waals surface area contributed by atoms with Crippen molar-refractivity contribution in [3.63, 3.8) is 0 Å². The number of amides is 2. The Hall–Kier alpha value is -2.24. The number of rotatable bonds is 6. The number of carbonyl (C=O) groups is 2. The molecule has 0 aromatic heterocycles. The molecular weight excluding hydrogens is 375 g/mol. The Labute approximate surface area is 162 Å². The van der Waals surface area contributed by atoms with E-state index >= 15 is 0 Å². The Morgan fingerprint density at radius 1 is 1.04 bits per heavy atom. The maximum absolute atomic E-state index is 12.4. The molecule has 0 aliphatic heterocycles. The molecule has 0 heterocycles. The fourth-order valence-electron chi connectivity index (χ4n) is 2.06. The van der Waals surface area contributed by atoms with E-state index in [1.165, 1.54) is 0 Å². The summed E-state index contributed by atoms with van der Waals surface area (Å²) in [6, 6.07) is 13.9. The van der Waals surface area contributed by atoms with Crippen molar-refractivity contribution in [2.75, 3.05) is 11.9 Å². The van der Waals surface area contributed by atoms with Gasteiger partial charge in [-0.1, -0.05) is 41.4 Å². The van der Waals surface area contributed by atoms with Gasteiger partial charge in [0.1, 0.15) is 6.61 Å². The first-order valence-corrected chi connectivity index (χ1v) is 8.74. The van der Waals surface area contributed by atoms with Crippen LogP contribution >= 0.6 is 23.2 Å². The van der Waals surface area contributed by atoms with E-state index in [4.69, 9.17) is 27.9 Å². The number of nitrogens with one attached hydrogen (secondary N) is 2. The highest BCUT2D eigenvalue weighted by Gasteiger charge is 2.29. The molecule has 0 aliphatic carbocycles. The monoisotopic (exact) mass is 394 g/mol. The third-order valence-corrected chi connectivity index (χ3v) is 4.29. The van der Waals surface area contributed by atoms with Gasteiger partial charge in [0.15, 0.2) is 0 Å². The van der Waals surface area contributed by atoms with E-state index in [1.54, 1.807) is 44.2 Å². The normalized spacial score (nSPS) is 10.9. The molecule has 0 bridgehead atoms. The largest absolute Gasteiger partial charge is 0.448 e. The lowest BCUT2D eigenvalue weighted by molar-refractivity contribution is -0.131. The summed E-state index contributed by atoms with van der Waals surface area (Å²) in [6.07, 6.45) is -0.640. The predicted octanol–water partition coefficient (Wildman–Crippen LogP) is 4.88. The van der Waals surface area contributed by atoms with Crippen LogP contribution in [0.2, 0.25) is 10.0 Å². The lowest BCUT2D eigenvalue weighted by atomic mass is 9.93. The number of ether oxygens (including phenoxy) is 1. The first-order valence-electron chi connectivity index (χ1n) is 7.99. The van der Waals surface area contributed by atoms with E-state index in [0.29, 0.717) is 22.3 Å². The Morgan fingerprint density at radius 2 is 1.69 bits per heavy atom. The van der Waals surface area contributed by atoms with Gasteiger partial charge in [-0.05, 0) is 49.7 Å². The third-order valence-electron chi connectivity index (χ3n) is 3.67. The minimum atomic E-state index is -0.890. The van der Waals surface area contributed by atoms with Gasteiger partial charge in [0, 0.05) is 22.3 Å². The summed E-state index contributed by atoms with van der Waals surface area (Å²) in [6.45, 7) is 3.63. The fraction of sp³-hybridized carbons (Fsp3) is 0.263. The summed E-state index contributed by atoms with van der Waals surface area (Å²) in [5.41, 5.74) is 0.485. The van der Waals surface area contributed by atoms with Crippen LogP contribution in [0, 0.1) is 5.41 Å². The summed E-state index contributed by atoms with van der Waals surface area (Å²) in [7, 11) is 0. The van der Waals surface area contributed by atoms with Crippen LogP contribution in [0.25, 0.3) is 0 Å². The van der Waals surface area contributed by atoms with Crippen molar-refractivity contribution in [3.05, 3.63) is 64.1 Å². The molecule has 0 saturated carbocycles. The van der Waals surface area contributed by atoms with Gasteiger partial charge < -0.3 is 10.1 Å². The Balaban J connectivity index is 1.82. The molecule has 2 rings (SSSR count). The zero-order valence-electron chi connectivity index (χ0n) is 14.5. The van der Waals surface area contributed by atoms with Crippen LogP contribution in [0.5, 0.6) is 0 Å². The number of hydrogen-bond acceptors (Lipinski definition) is 3. The van der Waals surface area contributed by atoms with Crippen LogP contribution < -0.4 is 10.6 Å². The van der Waals surface area contributed by atoms with Crippen molar-refractivity contribution >= 4 is 40.9 Å². The lowest BCUT2D eigenvalue weighted by Gasteiger charge is -2.23. The maximum Gasteiger partial charge on any atom is 0.411 e. The van der Waals surface area contributed by atoms with E-state index in [9.17, 15) is 9.59 Å². The van der Waals surface area contributed by atoms with E-state index in [1.807, 2.05) is 18.2 Å². The molecule has 26 heavy (non-hydrogen) atoms. The van der Waals surface area contributed by atoms with Gasteiger partial charge in [-0.3, -0.25) is 10.1 Å². The Kier molecular flexibility index (Phi) is 6.89. The quantitative estimate of drug-likeness (QED) is 0.732. The standard InChI is InChI=1S/C19H20Cl2N2O3/c1-19(2,17(24)22-11-13-5-3-4-6-16(13)21)12-26-18(25)23-15-9-7-14(20)8-10-15/h3-10H,11-12H2,1-2H3,(H,22,24)(H,23,25). The summed E-state index contributed by atoms with van der Waals surface area (Å²) >= 11 is 11.9. The van der Waals surface area contributed by atoms with E-state index in [0.717, 1.165) is 5.56 Å². The van der Waals surface area contributed by atoms with Crippen LogP contribution in [0.4, 0.5) is 10.5 Å². The van der Waals surface area contributed by atoms with Crippen molar-refractivity contribution in [1.82, 2.24) is 5.32 Å². The van der Waals surface area contributed by atoms with Crippen molar-refractivity contribution < 1.29 is 14.3 Å². The number of halogens is 2. The summed E-state index contributed by atoms with van der Waals surface area (Å²) in [5.74, 6) is -0.239. The van der Waals surface area contributed by atoms with Crippen molar-refractivity contribution in [2.24, 2.45) is 5.41 Å². The first-order chi connectivity index (χ1) is 12.3. The molecule has 0 radical (unpaired) electrons. The molecule has 7 heteroatoms. The van der Waals surface area contributed by atoms with Crippen LogP contribution in [-0.2, 0) is 16.1 Å². The highest BCUT2D eigenvalue weighted by molar-refractivity contribution is 6.31. The van der Waals surface area contributed by atoms with Crippen molar-refractivity contribution in [1.29, 1.82) is 0 Å². The molecule has 138 valence electrons. The zero-order valence-corrected chi connectivity index (χ0v) is 16.0. The molecule has 0 saturated heterocycles. The summed E-state index contributed by atoms with van der Waals surface area (Å²) in [5, 5.41) is 6.54. The number of anilines is 1. The third kappa shape index (κ3) is 5.93. The summed E-state index contributed by atoms with van der Waals surface area (Å²) in [4.78, 5) is 24.3. The van der Waals surface area contributed by atoms with Gasteiger partial charge in [-0.15, -0.1) is 0 Å². The molecular formula is C19H20Cl2N2O3. The van der Waals surface area contributed by atoms with Crippen LogP contribution in [0.15, 0.2) is 48.5 Å². The number of hydrogen-bond donors (Lipinski definition) is 2. The first kappa shape index (κ1) is 20.1. The second kappa shape index (κ2) is 8.92. The number of benzene rings is 2. The fourth-order valence-corrected chi connectivity index (χ4v) is 2.38. The predicted molar refractivity (Wildman–Crippen MR) is 104 cm³/mol. The van der Waals surface area contributed by atoms with E-state index in [2.05, 4.69) is 10.6 Å². The minimum Gasteiger partial charge on any atom is -0.448 e. The number of carbonyl (C=O) groups excluding carboxylic acids is 2. The molecule has 0 aliphatic rings. The second-order valence-corrected chi connectivity index (χ2v) is 7.21. The molecule has 2 amide bonds. The Morgan fingerprint density at radius 3 is 2.35 bits per heavy atom. The van der Waals surface area contributed by atoms with Gasteiger partial charge in [0.05, 0.1) is 5.41 Å². The highest BCUT2D eigenvalue weighted by Crippen LogP contribution is 2.19. The molecule has 5 nitrogen and oxygen atoms in total. The smallest absolute Gasteiger partial charge is 0.411 e. The zero-order chi connectivity index (χ0) is 19.2. The SMILES string of the molecule is CC(C)(COC(=O)Nc1ccc(Cl)cc1)C(=O)NCc1ccccc1Cl.